The molecule has 2 aromatic carbocycles. The van der Waals surface area contributed by atoms with Crippen molar-refractivity contribution in [2.24, 2.45) is 0 Å². The topological polar surface area (TPSA) is 36.9 Å². The van der Waals surface area contributed by atoms with E-state index >= 15 is 0 Å². The molecule has 3 rings (SSSR count). The van der Waals surface area contributed by atoms with Gasteiger partial charge >= 0.3 is 0 Å². The first-order valence-corrected chi connectivity index (χ1v) is 11.6. The molecular weight excluding hydrogens is 376 g/mol. The van der Waals surface area contributed by atoms with Crippen molar-refractivity contribution < 1.29 is 19.6 Å². The van der Waals surface area contributed by atoms with Crippen molar-refractivity contribution in [1.29, 1.82) is 0 Å². The maximum atomic E-state index is 5.97. The lowest BCUT2D eigenvalue weighted by Gasteiger charge is -2.31. The zero-order valence-electron chi connectivity index (χ0n) is 18.1. The van der Waals surface area contributed by atoms with Crippen molar-refractivity contribution in [3.63, 3.8) is 0 Å². The highest BCUT2D eigenvalue weighted by Crippen LogP contribution is 2.31. The van der Waals surface area contributed by atoms with E-state index in [1.165, 1.54) is 44.9 Å². The summed E-state index contributed by atoms with van der Waals surface area (Å²) in [6, 6.07) is 20.1. The summed E-state index contributed by atoms with van der Waals surface area (Å²) in [5.41, 5.74) is 2.15. The maximum Gasteiger partial charge on any atom is 0.234 e. The molecule has 0 radical (unpaired) electrons. The maximum absolute atomic E-state index is 5.97. The van der Waals surface area contributed by atoms with Crippen LogP contribution >= 0.6 is 0 Å². The normalized spacial score (nSPS) is 18.3. The molecule has 0 atom stereocenters. The Morgan fingerprint density at radius 1 is 0.500 bits per heavy atom. The number of hydrogen-bond acceptors (Lipinski definition) is 4. The fourth-order valence-electron chi connectivity index (χ4n) is 3.89. The van der Waals surface area contributed by atoms with Gasteiger partial charge < -0.3 is 0 Å². The van der Waals surface area contributed by atoms with Crippen LogP contribution in [0.25, 0.3) is 0 Å². The summed E-state index contributed by atoms with van der Waals surface area (Å²) in [4.78, 5) is 23.3. The second-order valence-electron chi connectivity index (χ2n) is 8.25. The van der Waals surface area contributed by atoms with Gasteiger partial charge in [-0.05, 0) is 24.0 Å². The predicted molar refractivity (Wildman–Crippen MR) is 118 cm³/mol. The largest absolute Gasteiger partial charge is 0.234 e. The second-order valence-corrected chi connectivity index (χ2v) is 8.25. The quantitative estimate of drug-likeness (QED) is 0.259. The zero-order chi connectivity index (χ0) is 20.7. The molecule has 0 heterocycles. The van der Waals surface area contributed by atoms with E-state index in [0.717, 1.165) is 36.8 Å². The van der Waals surface area contributed by atoms with Crippen molar-refractivity contribution in [3.8, 4) is 0 Å². The van der Waals surface area contributed by atoms with Gasteiger partial charge in [0.1, 0.15) is 13.2 Å². The molecule has 0 aromatic heterocycles. The summed E-state index contributed by atoms with van der Waals surface area (Å²) in [6.07, 6.45) is 12.6. The van der Waals surface area contributed by atoms with Crippen LogP contribution in [-0.2, 0) is 32.8 Å². The molecule has 1 saturated carbocycles. The first-order valence-electron chi connectivity index (χ1n) is 11.6. The van der Waals surface area contributed by atoms with Crippen LogP contribution in [-0.4, -0.2) is 5.79 Å². The van der Waals surface area contributed by atoms with E-state index in [4.69, 9.17) is 19.6 Å². The highest BCUT2D eigenvalue weighted by Gasteiger charge is 2.35. The average molecular weight is 413 g/mol. The fraction of sp³-hybridized carbons (Fsp3) is 0.538. The van der Waals surface area contributed by atoms with Crippen LogP contribution in [0, 0.1) is 0 Å². The van der Waals surface area contributed by atoms with Crippen LogP contribution in [0.1, 0.15) is 81.8 Å². The highest BCUT2D eigenvalue weighted by molar-refractivity contribution is 5.13. The zero-order valence-corrected chi connectivity index (χ0v) is 18.1. The molecule has 0 spiro atoms. The van der Waals surface area contributed by atoms with Gasteiger partial charge in [0.25, 0.3) is 0 Å². The molecule has 1 fully saturated rings. The molecular formula is C26H36O4. The van der Waals surface area contributed by atoms with Gasteiger partial charge in [-0.1, -0.05) is 106 Å². The van der Waals surface area contributed by atoms with Crippen molar-refractivity contribution in [2.45, 2.75) is 89.6 Å². The van der Waals surface area contributed by atoms with Gasteiger partial charge in [-0.25, -0.2) is 9.78 Å². The molecule has 1 aliphatic carbocycles. The molecule has 0 unspecified atom stereocenters. The summed E-state index contributed by atoms with van der Waals surface area (Å²) in [5, 5.41) is 0. The Balaban J connectivity index is 1.60. The predicted octanol–water partition coefficient (Wildman–Crippen LogP) is 7.28. The summed E-state index contributed by atoms with van der Waals surface area (Å²) in [7, 11) is 0. The Kier molecular flexibility index (Phi) is 10.4. The molecule has 4 nitrogen and oxygen atoms in total. The van der Waals surface area contributed by atoms with Gasteiger partial charge in [0.15, 0.2) is 0 Å². The third-order valence-electron chi connectivity index (χ3n) is 5.67. The minimum atomic E-state index is -0.858. The van der Waals surface area contributed by atoms with E-state index in [1.807, 2.05) is 60.7 Å². The van der Waals surface area contributed by atoms with Crippen LogP contribution in [0.4, 0.5) is 0 Å². The summed E-state index contributed by atoms with van der Waals surface area (Å²) in [6.45, 7) is 0.787. The molecule has 0 bridgehead atoms. The molecule has 164 valence electrons. The summed E-state index contributed by atoms with van der Waals surface area (Å²) < 4.78 is 0. The third kappa shape index (κ3) is 8.57. The van der Waals surface area contributed by atoms with E-state index in [2.05, 4.69) is 0 Å². The van der Waals surface area contributed by atoms with Crippen LogP contribution in [0.2, 0.25) is 0 Å². The Bertz CT molecular complexity index is 614. The molecule has 0 N–H and O–H groups in total. The number of hydrogen-bond donors (Lipinski definition) is 0. The lowest BCUT2D eigenvalue weighted by atomic mass is 9.97. The monoisotopic (exact) mass is 412 g/mol. The van der Waals surface area contributed by atoms with Crippen LogP contribution in [0.15, 0.2) is 60.7 Å². The molecule has 30 heavy (non-hydrogen) atoms. The first-order chi connectivity index (χ1) is 14.9. The smallest absolute Gasteiger partial charge is 0.229 e. The van der Waals surface area contributed by atoms with Gasteiger partial charge in [0.05, 0.1) is 0 Å². The SMILES string of the molecule is c1ccc(COOC2(OOCc3ccccc3)CCCCCCCCCCC2)cc1. The van der Waals surface area contributed by atoms with E-state index in [0.29, 0.717) is 13.2 Å². The minimum absolute atomic E-state index is 0.393. The van der Waals surface area contributed by atoms with E-state index < -0.39 is 5.79 Å². The van der Waals surface area contributed by atoms with E-state index in [9.17, 15) is 0 Å². The van der Waals surface area contributed by atoms with Gasteiger partial charge in [-0.15, -0.1) is 0 Å². The van der Waals surface area contributed by atoms with Crippen molar-refractivity contribution in [1.82, 2.24) is 0 Å². The van der Waals surface area contributed by atoms with Crippen LogP contribution in [0.5, 0.6) is 0 Å². The Labute approximate surface area is 181 Å². The standard InChI is InChI=1S/C26H36O4/c1-2-4-6-14-20-26(21-15-7-5-3-1,29-27-22-24-16-10-8-11-17-24)30-28-23-25-18-12-9-13-19-25/h8-13,16-19H,1-7,14-15,20-23H2. The lowest BCUT2D eigenvalue weighted by molar-refractivity contribution is -0.521. The highest BCUT2D eigenvalue weighted by atomic mass is 17.3. The second kappa shape index (κ2) is 13.6. The van der Waals surface area contributed by atoms with Gasteiger partial charge in [0, 0.05) is 12.8 Å². The number of benzene rings is 2. The van der Waals surface area contributed by atoms with Crippen LogP contribution < -0.4 is 0 Å². The minimum Gasteiger partial charge on any atom is -0.229 e. The Hall–Kier alpha value is -1.72. The Morgan fingerprint density at radius 2 is 0.867 bits per heavy atom. The average Bonchev–Trinajstić information content (AvgIpc) is 2.78. The molecule has 4 heteroatoms. The van der Waals surface area contributed by atoms with Crippen molar-refractivity contribution >= 4 is 0 Å². The third-order valence-corrected chi connectivity index (χ3v) is 5.67. The molecule has 0 amide bonds. The molecule has 1 aliphatic rings. The fourth-order valence-corrected chi connectivity index (χ4v) is 3.89. The van der Waals surface area contributed by atoms with Crippen molar-refractivity contribution in [3.05, 3.63) is 71.8 Å². The summed E-state index contributed by atoms with van der Waals surface area (Å²) in [5.74, 6) is -0.858. The molecule has 0 aliphatic heterocycles. The Morgan fingerprint density at radius 3 is 1.27 bits per heavy atom. The van der Waals surface area contributed by atoms with E-state index in [1.54, 1.807) is 0 Å². The van der Waals surface area contributed by atoms with Gasteiger partial charge in [-0.3, -0.25) is 0 Å². The lowest BCUT2D eigenvalue weighted by Crippen LogP contribution is -2.36. The molecule has 0 saturated heterocycles. The molecule has 2 aromatic rings. The van der Waals surface area contributed by atoms with Crippen LogP contribution in [0.3, 0.4) is 0 Å². The van der Waals surface area contributed by atoms with Crippen molar-refractivity contribution in [2.75, 3.05) is 0 Å². The number of rotatable bonds is 8. The van der Waals surface area contributed by atoms with Gasteiger partial charge in [0.2, 0.25) is 5.79 Å². The first kappa shape index (κ1) is 23.0. The van der Waals surface area contributed by atoms with Gasteiger partial charge in [-0.2, -0.15) is 9.78 Å². The van der Waals surface area contributed by atoms with E-state index in [-0.39, 0.29) is 0 Å². The summed E-state index contributed by atoms with van der Waals surface area (Å²) >= 11 is 0.